The lowest BCUT2D eigenvalue weighted by Gasteiger charge is -2.39. The number of piperidine rings is 1. The second-order valence-corrected chi connectivity index (χ2v) is 8.73. The molecule has 3 rings (SSSR count). The molecule has 2 fully saturated rings. The van der Waals surface area contributed by atoms with E-state index in [2.05, 4.69) is 4.90 Å². The molecule has 0 aliphatic carbocycles. The van der Waals surface area contributed by atoms with Crippen molar-refractivity contribution in [2.24, 2.45) is 0 Å². The first kappa shape index (κ1) is 22.1. The van der Waals surface area contributed by atoms with Crippen LogP contribution in [0.1, 0.15) is 38.2 Å². The Morgan fingerprint density at radius 1 is 1.14 bits per heavy atom. The van der Waals surface area contributed by atoms with E-state index in [4.69, 9.17) is 23.2 Å². The highest BCUT2D eigenvalue weighted by molar-refractivity contribution is 6.42. The van der Waals surface area contributed by atoms with Gasteiger partial charge in [0.25, 0.3) is 0 Å². The molecule has 1 aromatic carbocycles. The second kappa shape index (κ2) is 10.5. The van der Waals surface area contributed by atoms with Crippen LogP contribution in [0.5, 0.6) is 0 Å². The molecule has 0 aromatic heterocycles. The van der Waals surface area contributed by atoms with Crippen LogP contribution in [0.3, 0.4) is 0 Å². The lowest BCUT2D eigenvalue weighted by atomic mass is 10.1. The van der Waals surface area contributed by atoms with Gasteiger partial charge in [0.1, 0.15) is 6.54 Å². The van der Waals surface area contributed by atoms with Crippen LogP contribution in [0.2, 0.25) is 10.0 Å². The van der Waals surface area contributed by atoms with E-state index in [9.17, 15) is 9.59 Å². The van der Waals surface area contributed by atoms with Gasteiger partial charge >= 0.3 is 0 Å². The minimum Gasteiger partial charge on any atom is -0.339 e. The number of nitrogens with zero attached hydrogens (tertiary/aromatic N) is 3. The molecule has 0 N–H and O–H groups in total. The Morgan fingerprint density at radius 3 is 2.62 bits per heavy atom. The van der Waals surface area contributed by atoms with E-state index in [0.717, 1.165) is 25.1 Å². The summed E-state index contributed by atoms with van der Waals surface area (Å²) in [4.78, 5) is 31.2. The van der Waals surface area contributed by atoms with Crippen molar-refractivity contribution in [2.75, 3.05) is 39.3 Å². The summed E-state index contributed by atoms with van der Waals surface area (Å²) in [5, 5.41) is 0.925. The minimum atomic E-state index is -0.162. The zero-order valence-corrected chi connectivity index (χ0v) is 18.5. The molecule has 0 radical (unpaired) electrons. The molecular formula is C22H29Cl2N3O2. The quantitative estimate of drug-likeness (QED) is 0.632. The Balaban J connectivity index is 1.49. The molecule has 1 aromatic rings. The number of carbonyl (C=O) groups excluding carboxylic acids is 2. The molecule has 158 valence electrons. The van der Waals surface area contributed by atoms with Gasteiger partial charge in [-0.05, 0) is 69.6 Å². The highest BCUT2D eigenvalue weighted by atomic mass is 35.5. The molecule has 0 spiro atoms. The molecule has 1 unspecified atom stereocenters. The fourth-order valence-electron chi connectivity index (χ4n) is 3.98. The highest BCUT2D eigenvalue weighted by Crippen LogP contribution is 2.23. The van der Waals surface area contributed by atoms with Crippen LogP contribution < -0.4 is 0 Å². The smallest absolute Gasteiger partial charge is 0.247 e. The van der Waals surface area contributed by atoms with Crippen LogP contribution in [0.4, 0.5) is 0 Å². The van der Waals surface area contributed by atoms with Gasteiger partial charge in [-0.25, -0.2) is 0 Å². The maximum Gasteiger partial charge on any atom is 0.247 e. The van der Waals surface area contributed by atoms with Crippen molar-refractivity contribution in [1.29, 1.82) is 0 Å². The van der Waals surface area contributed by atoms with Crippen LogP contribution >= 0.6 is 23.2 Å². The topological polar surface area (TPSA) is 43.9 Å². The van der Waals surface area contributed by atoms with E-state index in [1.807, 2.05) is 11.8 Å². The number of hydrogen-bond acceptors (Lipinski definition) is 3. The van der Waals surface area contributed by atoms with Crippen molar-refractivity contribution in [3.8, 4) is 0 Å². The number of carbonyl (C=O) groups is 2. The first-order valence-corrected chi connectivity index (χ1v) is 11.1. The summed E-state index contributed by atoms with van der Waals surface area (Å²) in [7, 11) is 0. The zero-order valence-electron chi connectivity index (χ0n) is 16.9. The van der Waals surface area contributed by atoms with Crippen LogP contribution in [0.25, 0.3) is 6.08 Å². The predicted molar refractivity (Wildman–Crippen MR) is 118 cm³/mol. The summed E-state index contributed by atoms with van der Waals surface area (Å²) in [5.74, 6) is -0.136. The third kappa shape index (κ3) is 6.21. The number of likely N-dealkylation sites (tertiary alicyclic amines) is 1. The zero-order chi connectivity index (χ0) is 20.8. The number of amides is 2. The molecule has 5 nitrogen and oxygen atoms in total. The molecule has 1 atom stereocenters. The summed E-state index contributed by atoms with van der Waals surface area (Å²) in [6.07, 6.45) is 8.09. The van der Waals surface area contributed by atoms with Gasteiger partial charge in [0.05, 0.1) is 10.0 Å². The number of piperazine rings is 1. The fraction of sp³-hybridized carbons (Fsp3) is 0.545. The van der Waals surface area contributed by atoms with Gasteiger partial charge in [0.15, 0.2) is 0 Å². The summed E-state index contributed by atoms with van der Waals surface area (Å²) < 4.78 is 0. The van der Waals surface area contributed by atoms with Crippen LogP contribution in [-0.2, 0) is 9.59 Å². The third-order valence-electron chi connectivity index (χ3n) is 5.67. The van der Waals surface area contributed by atoms with E-state index < -0.39 is 0 Å². The van der Waals surface area contributed by atoms with Crippen molar-refractivity contribution in [1.82, 2.24) is 14.7 Å². The van der Waals surface area contributed by atoms with E-state index in [0.29, 0.717) is 16.6 Å². The first-order valence-electron chi connectivity index (χ1n) is 10.4. The monoisotopic (exact) mass is 437 g/mol. The van der Waals surface area contributed by atoms with Crippen LogP contribution in [0.15, 0.2) is 24.3 Å². The van der Waals surface area contributed by atoms with E-state index in [1.54, 1.807) is 29.2 Å². The van der Waals surface area contributed by atoms with Crippen molar-refractivity contribution >= 4 is 41.1 Å². The van der Waals surface area contributed by atoms with Crippen molar-refractivity contribution in [2.45, 2.75) is 38.6 Å². The van der Waals surface area contributed by atoms with Crippen molar-refractivity contribution in [3.05, 3.63) is 39.9 Å². The third-order valence-corrected chi connectivity index (χ3v) is 6.41. The number of rotatable bonds is 6. The normalized spacial score (nSPS) is 21.2. The van der Waals surface area contributed by atoms with Gasteiger partial charge in [0.2, 0.25) is 11.8 Å². The molecule has 2 amide bonds. The minimum absolute atomic E-state index is 0.00589. The average molecular weight is 438 g/mol. The molecule has 29 heavy (non-hydrogen) atoms. The molecule has 0 saturated carbocycles. The highest BCUT2D eigenvalue weighted by Gasteiger charge is 2.31. The van der Waals surface area contributed by atoms with Crippen LogP contribution in [0, 0.1) is 0 Å². The van der Waals surface area contributed by atoms with Gasteiger partial charge in [-0.1, -0.05) is 35.7 Å². The van der Waals surface area contributed by atoms with E-state index in [-0.39, 0.29) is 24.4 Å². The molecule has 2 heterocycles. The Labute approximate surface area is 183 Å². The van der Waals surface area contributed by atoms with Crippen LogP contribution in [-0.4, -0.2) is 71.8 Å². The Morgan fingerprint density at radius 2 is 1.90 bits per heavy atom. The number of hydrogen-bond donors (Lipinski definition) is 0. The van der Waals surface area contributed by atoms with Gasteiger partial charge in [-0.2, -0.15) is 0 Å². The molecule has 2 aliphatic heterocycles. The summed E-state index contributed by atoms with van der Waals surface area (Å²) in [6, 6.07) is 5.20. The number of halogens is 2. The average Bonchev–Trinajstić information content (AvgIpc) is 2.71. The van der Waals surface area contributed by atoms with Gasteiger partial charge < -0.3 is 14.7 Å². The fourth-order valence-corrected chi connectivity index (χ4v) is 4.29. The predicted octanol–water partition coefficient (Wildman–Crippen LogP) is 3.94. The molecular weight excluding hydrogens is 409 g/mol. The van der Waals surface area contributed by atoms with Gasteiger partial charge in [-0.3, -0.25) is 9.59 Å². The molecule has 2 saturated heterocycles. The molecule has 7 heteroatoms. The second-order valence-electron chi connectivity index (χ2n) is 7.92. The van der Waals surface area contributed by atoms with E-state index >= 15 is 0 Å². The molecule has 2 aliphatic rings. The van der Waals surface area contributed by atoms with Gasteiger partial charge in [-0.15, -0.1) is 0 Å². The lowest BCUT2D eigenvalue weighted by molar-refractivity contribution is -0.146. The summed E-state index contributed by atoms with van der Waals surface area (Å²) >= 11 is 11.9. The maximum absolute atomic E-state index is 12.6. The van der Waals surface area contributed by atoms with Gasteiger partial charge in [0, 0.05) is 25.2 Å². The van der Waals surface area contributed by atoms with E-state index in [1.165, 1.54) is 38.4 Å². The summed E-state index contributed by atoms with van der Waals surface area (Å²) in [6.45, 7) is 6.89. The standard InChI is InChI=1S/C22H29Cl2N3O2/c1-17-15-26(13-5-12-25-10-3-2-4-11-25)22(29)16-27(17)21(28)9-7-18-6-8-19(23)20(24)14-18/h6-9,14,17H,2-5,10-13,15-16H2,1H3. The number of benzene rings is 1. The van der Waals surface area contributed by atoms with Crippen molar-refractivity contribution in [3.63, 3.8) is 0 Å². The Kier molecular flexibility index (Phi) is 7.99. The maximum atomic E-state index is 12.6. The first-order chi connectivity index (χ1) is 13.9. The largest absolute Gasteiger partial charge is 0.339 e. The summed E-state index contributed by atoms with van der Waals surface area (Å²) in [5.41, 5.74) is 0.795. The van der Waals surface area contributed by atoms with Crippen molar-refractivity contribution < 1.29 is 9.59 Å². The Hall–Kier alpha value is -1.56. The lowest BCUT2D eigenvalue weighted by Crippen LogP contribution is -2.56. The SMILES string of the molecule is CC1CN(CCCN2CCCCC2)C(=O)CN1C(=O)C=Cc1ccc(Cl)c(Cl)c1. The molecule has 0 bridgehead atoms. The Bertz CT molecular complexity index is 762.